The van der Waals surface area contributed by atoms with Crippen LogP contribution in [0, 0.1) is 0 Å². The second-order valence-electron chi connectivity index (χ2n) is 7.72. The SMILES string of the molecule is CCCCCCCCCCCCCCCC(=O)N[C@@H](Cc1c[nH]cn1)C(=O)O. The van der Waals surface area contributed by atoms with E-state index in [0.29, 0.717) is 12.1 Å². The first kappa shape index (κ1) is 24.2. The Morgan fingerprint density at radius 1 is 0.964 bits per heavy atom. The van der Waals surface area contributed by atoms with Crippen molar-refractivity contribution < 1.29 is 14.7 Å². The maximum absolute atomic E-state index is 12.0. The lowest BCUT2D eigenvalue weighted by Gasteiger charge is -2.13. The van der Waals surface area contributed by atoms with Crippen LogP contribution >= 0.6 is 0 Å². The van der Waals surface area contributed by atoms with E-state index in [1.54, 1.807) is 6.20 Å². The van der Waals surface area contributed by atoms with Crippen LogP contribution in [0.5, 0.6) is 0 Å². The zero-order valence-electron chi connectivity index (χ0n) is 17.5. The highest BCUT2D eigenvalue weighted by molar-refractivity contribution is 5.83. The summed E-state index contributed by atoms with van der Waals surface area (Å²) in [4.78, 5) is 30.1. The van der Waals surface area contributed by atoms with E-state index >= 15 is 0 Å². The topological polar surface area (TPSA) is 95.1 Å². The quantitative estimate of drug-likeness (QED) is 0.306. The van der Waals surface area contributed by atoms with E-state index in [1.165, 1.54) is 70.5 Å². The molecule has 160 valence electrons. The lowest BCUT2D eigenvalue weighted by atomic mass is 10.0. The number of carboxylic acids is 1. The summed E-state index contributed by atoms with van der Waals surface area (Å²) < 4.78 is 0. The Hall–Kier alpha value is -1.85. The molecule has 0 saturated heterocycles. The van der Waals surface area contributed by atoms with Gasteiger partial charge < -0.3 is 15.4 Å². The number of amides is 1. The normalized spacial score (nSPS) is 12.0. The van der Waals surface area contributed by atoms with E-state index in [2.05, 4.69) is 22.2 Å². The van der Waals surface area contributed by atoms with Crippen molar-refractivity contribution in [1.29, 1.82) is 0 Å². The van der Waals surface area contributed by atoms with Gasteiger partial charge >= 0.3 is 5.97 Å². The van der Waals surface area contributed by atoms with Crippen LogP contribution in [-0.2, 0) is 16.0 Å². The van der Waals surface area contributed by atoms with E-state index in [1.807, 2.05) is 0 Å². The molecule has 1 rings (SSSR count). The minimum Gasteiger partial charge on any atom is -0.480 e. The molecule has 0 unspecified atom stereocenters. The molecule has 1 aromatic rings. The first-order valence-electron chi connectivity index (χ1n) is 11.1. The maximum Gasteiger partial charge on any atom is 0.326 e. The summed E-state index contributed by atoms with van der Waals surface area (Å²) in [6.07, 6.45) is 20.1. The number of nitrogens with one attached hydrogen (secondary N) is 2. The Morgan fingerprint density at radius 3 is 1.96 bits per heavy atom. The molecule has 3 N–H and O–H groups in total. The van der Waals surface area contributed by atoms with Gasteiger partial charge in [0.25, 0.3) is 0 Å². The predicted octanol–water partition coefficient (Wildman–Crippen LogP) is 5.00. The van der Waals surface area contributed by atoms with Gasteiger partial charge in [0.1, 0.15) is 6.04 Å². The van der Waals surface area contributed by atoms with Gasteiger partial charge in [-0.05, 0) is 6.42 Å². The van der Waals surface area contributed by atoms with Crippen molar-refractivity contribution in [2.75, 3.05) is 0 Å². The second-order valence-corrected chi connectivity index (χ2v) is 7.72. The van der Waals surface area contributed by atoms with Gasteiger partial charge in [-0.2, -0.15) is 0 Å². The molecule has 0 aliphatic heterocycles. The van der Waals surface area contributed by atoms with Crippen LogP contribution in [0.4, 0.5) is 0 Å². The molecule has 1 amide bonds. The van der Waals surface area contributed by atoms with Gasteiger partial charge in [0, 0.05) is 19.0 Å². The summed E-state index contributed by atoms with van der Waals surface area (Å²) in [6.45, 7) is 2.25. The molecule has 1 aromatic heterocycles. The van der Waals surface area contributed by atoms with Crippen molar-refractivity contribution in [2.45, 2.75) is 109 Å². The van der Waals surface area contributed by atoms with E-state index < -0.39 is 12.0 Å². The lowest BCUT2D eigenvalue weighted by Crippen LogP contribution is -2.42. The molecule has 6 heteroatoms. The van der Waals surface area contributed by atoms with Crippen molar-refractivity contribution in [3.05, 3.63) is 18.2 Å². The molecular formula is C22H39N3O3. The third kappa shape index (κ3) is 12.5. The first-order chi connectivity index (χ1) is 13.6. The van der Waals surface area contributed by atoms with Gasteiger partial charge in [0.2, 0.25) is 5.91 Å². The summed E-state index contributed by atoms with van der Waals surface area (Å²) in [5.41, 5.74) is 0.633. The summed E-state index contributed by atoms with van der Waals surface area (Å²) in [5, 5.41) is 11.9. The summed E-state index contributed by atoms with van der Waals surface area (Å²) in [5.74, 6) is -1.22. The highest BCUT2D eigenvalue weighted by Gasteiger charge is 2.20. The molecule has 28 heavy (non-hydrogen) atoms. The highest BCUT2D eigenvalue weighted by atomic mass is 16.4. The minimum absolute atomic E-state index is 0.189. The van der Waals surface area contributed by atoms with E-state index in [9.17, 15) is 14.7 Å². The number of hydrogen-bond donors (Lipinski definition) is 3. The molecule has 0 saturated carbocycles. The second kappa shape index (κ2) is 16.1. The Balaban J connectivity index is 1.96. The first-order valence-corrected chi connectivity index (χ1v) is 11.1. The Labute approximate surface area is 169 Å². The average Bonchev–Trinajstić information content (AvgIpc) is 3.18. The molecule has 0 aliphatic rings. The van der Waals surface area contributed by atoms with Crippen molar-refractivity contribution in [3.63, 3.8) is 0 Å². The Kier molecular flexibility index (Phi) is 13.9. The number of rotatable bonds is 18. The van der Waals surface area contributed by atoms with Crippen molar-refractivity contribution in [2.24, 2.45) is 0 Å². The summed E-state index contributed by atoms with van der Waals surface area (Å²) in [6, 6.07) is -0.919. The number of nitrogens with zero attached hydrogens (tertiary/aromatic N) is 1. The number of aromatic amines is 1. The molecular weight excluding hydrogens is 354 g/mol. The van der Waals surface area contributed by atoms with E-state index in [0.717, 1.165) is 19.3 Å². The van der Waals surface area contributed by atoms with Crippen LogP contribution in [0.1, 0.15) is 103 Å². The van der Waals surface area contributed by atoms with E-state index in [-0.39, 0.29) is 12.3 Å². The van der Waals surface area contributed by atoms with Crippen LogP contribution in [0.3, 0.4) is 0 Å². The number of aromatic nitrogens is 2. The fourth-order valence-corrected chi connectivity index (χ4v) is 3.38. The third-order valence-corrected chi connectivity index (χ3v) is 5.11. The molecule has 0 bridgehead atoms. The zero-order valence-corrected chi connectivity index (χ0v) is 17.5. The smallest absolute Gasteiger partial charge is 0.326 e. The largest absolute Gasteiger partial charge is 0.480 e. The number of H-pyrrole nitrogens is 1. The van der Waals surface area contributed by atoms with Gasteiger partial charge in [-0.25, -0.2) is 9.78 Å². The fourth-order valence-electron chi connectivity index (χ4n) is 3.38. The minimum atomic E-state index is -1.03. The van der Waals surface area contributed by atoms with Crippen LogP contribution in [0.2, 0.25) is 0 Å². The molecule has 0 radical (unpaired) electrons. The van der Waals surface area contributed by atoms with Gasteiger partial charge in [-0.1, -0.05) is 84.0 Å². The number of carbonyl (C=O) groups excluding carboxylic acids is 1. The Morgan fingerprint density at radius 2 is 1.50 bits per heavy atom. The predicted molar refractivity (Wildman–Crippen MR) is 112 cm³/mol. The molecule has 0 aromatic carbocycles. The number of aliphatic carboxylic acids is 1. The molecule has 0 fully saturated rings. The molecule has 6 nitrogen and oxygen atoms in total. The van der Waals surface area contributed by atoms with Crippen molar-refractivity contribution in [1.82, 2.24) is 15.3 Å². The van der Waals surface area contributed by atoms with Gasteiger partial charge in [0.15, 0.2) is 0 Å². The Bertz CT molecular complexity index is 517. The maximum atomic E-state index is 12.0. The van der Waals surface area contributed by atoms with Crippen LogP contribution < -0.4 is 5.32 Å². The number of unbranched alkanes of at least 4 members (excludes halogenated alkanes) is 12. The zero-order chi connectivity index (χ0) is 20.5. The summed E-state index contributed by atoms with van der Waals surface area (Å²) in [7, 11) is 0. The number of carboxylic acid groups (broad SMARTS) is 1. The van der Waals surface area contributed by atoms with Gasteiger partial charge in [-0.15, -0.1) is 0 Å². The number of carbonyl (C=O) groups is 2. The standard InChI is InChI=1S/C22H39N3O3/c1-2-3-4-5-6-7-8-9-10-11-12-13-14-15-21(26)25-20(22(27)28)16-19-17-23-18-24-19/h17-18,20H,2-16H2,1H3,(H,23,24)(H,25,26)(H,27,28)/t20-/m0/s1. The molecule has 0 spiro atoms. The van der Waals surface area contributed by atoms with Crippen LogP contribution in [0.25, 0.3) is 0 Å². The fraction of sp³-hybridized carbons (Fsp3) is 0.773. The highest BCUT2D eigenvalue weighted by Crippen LogP contribution is 2.13. The van der Waals surface area contributed by atoms with Crippen LogP contribution in [0.15, 0.2) is 12.5 Å². The summed E-state index contributed by atoms with van der Waals surface area (Å²) >= 11 is 0. The molecule has 0 aliphatic carbocycles. The molecule has 1 heterocycles. The lowest BCUT2D eigenvalue weighted by molar-refractivity contribution is -0.141. The molecule has 1 atom stereocenters. The van der Waals surface area contributed by atoms with Gasteiger partial charge in [0.05, 0.1) is 12.0 Å². The number of hydrogen-bond acceptors (Lipinski definition) is 3. The number of imidazole rings is 1. The van der Waals surface area contributed by atoms with Crippen molar-refractivity contribution >= 4 is 11.9 Å². The average molecular weight is 394 g/mol. The van der Waals surface area contributed by atoms with Crippen LogP contribution in [-0.4, -0.2) is 33.0 Å². The monoisotopic (exact) mass is 393 g/mol. The van der Waals surface area contributed by atoms with Crippen molar-refractivity contribution in [3.8, 4) is 0 Å². The van der Waals surface area contributed by atoms with E-state index in [4.69, 9.17) is 0 Å². The third-order valence-electron chi connectivity index (χ3n) is 5.11. The van der Waals surface area contributed by atoms with Gasteiger partial charge in [-0.3, -0.25) is 4.79 Å².